The summed E-state index contributed by atoms with van der Waals surface area (Å²) in [5, 5.41) is 6.04. The molecule has 0 unspecified atom stereocenters. The van der Waals surface area contributed by atoms with E-state index >= 15 is 0 Å². The number of H-pyrrole nitrogens is 1. The van der Waals surface area contributed by atoms with Crippen LogP contribution in [0.15, 0.2) is 78.0 Å². The van der Waals surface area contributed by atoms with Crippen molar-refractivity contribution in [2.75, 3.05) is 17.2 Å². The number of aromatic amines is 1. The Bertz CT molecular complexity index is 1480. The molecule has 9 heteroatoms. The minimum Gasteiger partial charge on any atom is -0.484 e. The Kier molecular flexibility index (Phi) is 5.89. The van der Waals surface area contributed by atoms with Crippen LogP contribution in [0.1, 0.15) is 24.2 Å². The van der Waals surface area contributed by atoms with Crippen LogP contribution >= 0.6 is 0 Å². The number of nitrogens with one attached hydrogen (secondary N) is 3. The topological polar surface area (TPSA) is 105 Å². The summed E-state index contributed by atoms with van der Waals surface area (Å²) in [6.45, 7) is 4.50. The van der Waals surface area contributed by atoms with Gasteiger partial charge < -0.3 is 25.1 Å². The molecule has 1 aliphatic heterocycles. The molecular weight excluding hydrogens is 463 g/mol. The van der Waals surface area contributed by atoms with Gasteiger partial charge in [-0.05, 0) is 55.8 Å². The van der Waals surface area contributed by atoms with E-state index in [9.17, 15) is 14.0 Å². The highest BCUT2D eigenvalue weighted by molar-refractivity contribution is 6.04. The van der Waals surface area contributed by atoms with Crippen molar-refractivity contribution >= 4 is 17.4 Å². The minimum atomic E-state index is -0.570. The lowest BCUT2D eigenvalue weighted by Crippen LogP contribution is -2.41. The van der Waals surface area contributed by atoms with E-state index in [-0.39, 0.29) is 16.7 Å². The Morgan fingerprint density at radius 2 is 1.83 bits per heavy atom. The van der Waals surface area contributed by atoms with Gasteiger partial charge in [0, 0.05) is 35.9 Å². The first-order valence-corrected chi connectivity index (χ1v) is 11.3. The van der Waals surface area contributed by atoms with Crippen LogP contribution in [0.5, 0.6) is 17.2 Å². The first-order chi connectivity index (χ1) is 17.3. The number of ether oxygens (including phenoxy) is 2. The molecule has 1 aliphatic rings. The zero-order valence-electron chi connectivity index (χ0n) is 19.6. The number of hydrogen-bond acceptors (Lipinski definition) is 6. The molecule has 0 fully saturated rings. The maximum absolute atomic E-state index is 13.2. The smallest absolute Gasteiger partial charge is 0.261 e. The van der Waals surface area contributed by atoms with Gasteiger partial charge in [0.2, 0.25) is 11.2 Å². The lowest BCUT2D eigenvalue weighted by molar-refractivity contribution is 0.102. The van der Waals surface area contributed by atoms with Crippen molar-refractivity contribution in [2.24, 2.45) is 0 Å². The number of halogens is 1. The minimum absolute atomic E-state index is 0.0619. The first-order valence-electron chi connectivity index (χ1n) is 11.3. The number of fused-ring (bicyclic) bond motifs is 1. The molecule has 182 valence electrons. The van der Waals surface area contributed by atoms with Crippen LogP contribution in [-0.4, -0.2) is 28.0 Å². The highest BCUT2D eigenvalue weighted by Crippen LogP contribution is 2.40. The average Bonchev–Trinajstić information content (AvgIpc) is 2.85. The van der Waals surface area contributed by atoms with Gasteiger partial charge in [-0.25, -0.2) is 9.37 Å². The summed E-state index contributed by atoms with van der Waals surface area (Å²) in [4.78, 5) is 32.8. The average molecular weight is 487 g/mol. The lowest BCUT2D eigenvalue weighted by atomic mass is 10.0. The standard InChI is InChI=1S/C27H23FN4O4/c1-27(2)15-35-24-22(11-12-30-25(24)32-27)36-19-9-7-18(8-10-19)31-26(34)21-14-29-13-20(23(21)33)16-3-5-17(28)6-4-16/h3-14H,15H2,1-2H3,(H,29,33)(H,30,32)(H,31,34). The quantitative estimate of drug-likeness (QED) is 0.358. The molecule has 8 nitrogen and oxygen atoms in total. The second kappa shape index (κ2) is 9.18. The van der Waals surface area contributed by atoms with E-state index in [1.54, 1.807) is 36.5 Å². The molecule has 2 aromatic carbocycles. The van der Waals surface area contributed by atoms with Gasteiger partial charge in [0.25, 0.3) is 5.91 Å². The van der Waals surface area contributed by atoms with Gasteiger partial charge in [-0.15, -0.1) is 0 Å². The van der Waals surface area contributed by atoms with Gasteiger partial charge in [0.1, 0.15) is 23.7 Å². The highest BCUT2D eigenvalue weighted by Gasteiger charge is 2.29. The molecule has 3 N–H and O–H groups in total. The molecule has 0 atom stereocenters. The molecule has 0 saturated carbocycles. The van der Waals surface area contributed by atoms with E-state index in [2.05, 4.69) is 20.6 Å². The number of pyridine rings is 2. The molecule has 5 rings (SSSR count). The number of rotatable bonds is 5. The van der Waals surface area contributed by atoms with E-state index in [1.807, 2.05) is 13.8 Å². The summed E-state index contributed by atoms with van der Waals surface area (Å²) in [7, 11) is 0. The Morgan fingerprint density at radius 1 is 1.08 bits per heavy atom. The third kappa shape index (κ3) is 4.76. The maximum atomic E-state index is 13.2. The monoisotopic (exact) mass is 486 g/mol. The normalized spacial score (nSPS) is 13.6. The molecule has 4 aromatic rings. The molecule has 0 bridgehead atoms. The summed E-state index contributed by atoms with van der Waals surface area (Å²) < 4.78 is 25.1. The molecule has 0 saturated heterocycles. The Morgan fingerprint density at radius 3 is 2.58 bits per heavy atom. The molecule has 36 heavy (non-hydrogen) atoms. The van der Waals surface area contributed by atoms with Crippen molar-refractivity contribution in [1.82, 2.24) is 9.97 Å². The third-order valence-electron chi connectivity index (χ3n) is 5.59. The molecule has 2 aromatic heterocycles. The summed E-state index contributed by atoms with van der Waals surface area (Å²) in [5.74, 6) is 1.22. The van der Waals surface area contributed by atoms with Gasteiger partial charge in [0.05, 0.1) is 5.54 Å². The SMILES string of the molecule is CC1(C)COc2c(Oc3ccc(NC(=O)c4c[nH]cc(-c5ccc(F)cc5)c4=O)cc3)ccnc2N1. The fourth-order valence-electron chi connectivity index (χ4n) is 3.78. The lowest BCUT2D eigenvalue weighted by Gasteiger charge is -2.33. The molecule has 0 spiro atoms. The van der Waals surface area contributed by atoms with Crippen molar-refractivity contribution < 1.29 is 18.7 Å². The van der Waals surface area contributed by atoms with Crippen LogP contribution in [0.2, 0.25) is 0 Å². The summed E-state index contributed by atoms with van der Waals surface area (Å²) in [6.07, 6.45) is 4.46. The second-order valence-corrected chi connectivity index (χ2v) is 8.98. The summed E-state index contributed by atoms with van der Waals surface area (Å²) >= 11 is 0. The van der Waals surface area contributed by atoms with Gasteiger partial charge >= 0.3 is 0 Å². The number of benzene rings is 2. The van der Waals surface area contributed by atoms with E-state index < -0.39 is 17.2 Å². The van der Waals surface area contributed by atoms with Crippen molar-refractivity contribution in [3.63, 3.8) is 0 Å². The highest BCUT2D eigenvalue weighted by atomic mass is 19.1. The molecule has 1 amide bonds. The predicted octanol–water partition coefficient (Wildman–Crippen LogP) is 5.20. The molecule has 0 radical (unpaired) electrons. The van der Waals surface area contributed by atoms with E-state index in [0.29, 0.717) is 40.9 Å². The Hall–Kier alpha value is -4.66. The van der Waals surface area contributed by atoms with Crippen molar-refractivity contribution in [3.05, 3.63) is 94.8 Å². The van der Waals surface area contributed by atoms with E-state index in [4.69, 9.17) is 9.47 Å². The van der Waals surface area contributed by atoms with Crippen LogP contribution in [-0.2, 0) is 0 Å². The fraction of sp³-hybridized carbons (Fsp3) is 0.148. The summed E-state index contributed by atoms with van der Waals surface area (Å²) in [6, 6.07) is 13.9. The number of nitrogens with zero attached hydrogens (tertiary/aromatic N) is 1. The van der Waals surface area contributed by atoms with Crippen LogP contribution in [0.25, 0.3) is 11.1 Å². The van der Waals surface area contributed by atoms with Crippen LogP contribution < -0.4 is 25.5 Å². The molecular formula is C27H23FN4O4. The first kappa shape index (κ1) is 23.1. The number of carbonyl (C=O) groups excluding carboxylic acids is 1. The van der Waals surface area contributed by atoms with E-state index in [1.165, 1.54) is 36.7 Å². The summed E-state index contributed by atoms with van der Waals surface area (Å²) in [5.41, 5.74) is 0.501. The van der Waals surface area contributed by atoms with Gasteiger partial charge in [-0.1, -0.05) is 12.1 Å². The Balaban J connectivity index is 1.30. The van der Waals surface area contributed by atoms with E-state index in [0.717, 1.165) is 0 Å². The number of hydrogen-bond donors (Lipinski definition) is 3. The third-order valence-corrected chi connectivity index (χ3v) is 5.59. The fourth-order valence-corrected chi connectivity index (χ4v) is 3.78. The van der Waals surface area contributed by atoms with Crippen molar-refractivity contribution in [1.29, 1.82) is 0 Å². The van der Waals surface area contributed by atoms with Gasteiger partial charge in [0.15, 0.2) is 11.6 Å². The van der Waals surface area contributed by atoms with Crippen LogP contribution in [0.4, 0.5) is 15.9 Å². The Labute approximate surface area is 206 Å². The van der Waals surface area contributed by atoms with Crippen LogP contribution in [0.3, 0.4) is 0 Å². The number of anilines is 2. The molecule has 0 aliphatic carbocycles. The van der Waals surface area contributed by atoms with Gasteiger partial charge in [-0.3, -0.25) is 9.59 Å². The van der Waals surface area contributed by atoms with Crippen molar-refractivity contribution in [2.45, 2.75) is 19.4 Å². The maximum Gasteiger partial charge on any atom is 0.261 e. The predicted molar refractivity (Wildman–Crippen MR) is 134 cm³/mol. The molecule has 3 heterocycles. The van der Waals surface area contributed by atoms with Crippen molar-refractivity contribution in [3.8, 4) is 28.4 Å². The second-order valence-electron chi connectivity index (χ2n) is 8.98. The number of aromatic nitrogens is 2. The number of carbonyl (C=O) groups is 1. The largest absolute Gasteiger partial charge is 0.484 e. The zero-order chi connectivity index (χ0) is 25.3. The van der Waals surface area contributed by atoms with Gasteiger partial charge in [-0.2, -0.15) is 0 Å². The number of amides is 1. The zero-order valence-corrected chi connectivity index (χ0v) is 19.6. The van der Waals surface area contributed by atoms with Crippen LogP contribution in [0, 0.1) is 5.82 Å².